The zero-order valence-electron chi connectivity index (χ0n) is 14.3. The molecule has 0 radical (unpaired) electrons. The largest absolute Gasteiger partial charge is 0.344 e. The van der Waals surface area contributed by atoms with Gasteiger partial charge in [-0.3, -0.25) is 9.48 Å². The summed E-state index contributed by atoms with van der Waals surface area (Å²) in [7, 11) is 1.82. The number of aryl methyl sites for hydroxylation is 2. The molecule has 0 spiro atoms. The Morgan fingerprint density at radius 2 is 1.88 bits per heavy atom. The molecule has 1 atom stereocenters. The number of aromatic nitrogens is 2. The van der Waals surface area contributed by atoms with Crippen molar-refractivity contribution in [3.05, 3.63) is 77.5 Å². The number of hydrogen-bond acceptors (Lipinski definition) is 2. The highest BCUT2D eigenvalue weighted by atomic mass is 16.2. The number of carbonyl (C=O) groups excluding carboxylic acids is 1. The van der Waals surface area contributed by atoms with E-state index in [1.165, 1.54) is 11.1 Å². The minimum atomic E-state index is -0.0705. The van der Waals surface area contributed by atoms with Crippen molar-refractivity contribution in [3.63, 3.8) is 0 Å². The maximum absolute atomic E-state index is 12.8. The van der Waals surface area contributed by atoms with E-state index in [-0.39, 0.29) is 11.9 Å². The van der Waals surface area contributed by atoms with Crippen LogP contribution in [-0.2, 0) is 13.5 Å². The lowest BCUT2D eigenvalue weighted by Crippen LogP contribution is -2.32. The quantitative estimate of drug-likeness (QED) is 0.791. The predicted molar refractivity (Wildman–Crippen MR) is 98.2 cm³/mol. The van der Waals surface area contributed by atoms with Crippen molar-refractivity contribution in [3.8, 4) is 11.3 Å². The zero-order chi connectivity index (χ0) is 17.2. The summed E-state index contributed by atoms with van der Waals surface area (Å²) >= 11 is 0. The number of amides is 1. The smallest absolute Gasteiger partial charge is 0.270 e. The second kappa shape index (κ2) is 6.55. The number of carbonyl (C=O) groups is 1. The summed E-state index contributed by atoms with van der Waals surface area (Å²) < 4.78 is 1.66. The van der Waals surface area contributed by atoms with Gasteiger partial charge in [0.25, 0.3) is 5.91 Å². The predicted octanol–water partition coefficient (Wildman–Crippen LogP) is 3.89. The number of nitrogens with zero attached hydrogens (tertiary/aromatic N) is 2. The molecule has 1 N–H and O–H groups in total. The molecule has 0 fully saturated rings. The van der Waals surface area contributed by atoms with Gasteiger partial charge in [-0.1, -0.05) is 54.6 Å². The van der Waals surface area contributed by atoms with Crippen molar-refractivity contribution >= 4 is 5.91 Å². The van der Waals surface area contributed by atoms with Gasteiger partial charge in [0.2, 0.25) is 0 Å². The van der Waals surface area contributed by atoms with Crippen molar-refractivity contribution < 1.29 is 4.79 Å². The molecule has 1 aromatic heterocycles. The summed E-state index contributed by atoms with van der Waals surface area (Å²) in [4.78, 5) is 12.8. The first-order valence-electron chi connectivity index (χ1n) is 8.70. The molecule has 1 heterocycles. The van der Waals surface area contributed by atoms with Gasteiger partial charge in [0.1, 0.15) is 5.69 Å². The van der Waals surface area contributed by atoms with Gasteiger partial charge in [-0.25, -0.2) is 0 Å². The van der Waals surface area contributed by atoms with Crippen LogP contribution in [0.25, 0.3) is 11.3 Å². The molecule has 0 unspecified atom stereocenters. The molecule has 1 amide bonds. The third-order valence-corrected chi connectivity index (χ3v) is 4.86. The van der Waals surface area contributed by atoms with Gasteiger partial charge in [0.15, 0.2) is 0 Å². The average molecular weight is 331 g/mol. The van der Waals surface area contributed by atoms with Gasteiger partial charge >= 0.3 is 0 Å². The molecule has 3 aromatic rings. The van der Waals surface area contributed by atoms with Crippen LogP contribution < -0.4 is 5.32 Å². The second-order valence-corrected chi connectivity index (χ2v) is 6.52. The lowest BCUT2D eigenvalue weighted by molar-refractivity contribution is 0.0923. The highest BCUT2D eigenvalue weighted by Gasteiger charge is 2.23. The fraction of sp³-hybridized carbons (Fsp3) is 0.238. The Kier molecular flexibility index (Phi) is 4.10. The average Bonchev–Trinajstić information content (AvgIpc) is 3.05. The summed E-state index contributed by atoms with van der Waals surface area (Å²) in [6.07, 6.45) is 3.17. The van der Waals surface area contributed by atoms with Crippen LogP contribution in [0, 0.1) is 0 Å². The molecule has 0 saturated heterocycles. The summed E-state index contributed by atoms with van der Waals surface area (Å²) in [5, 5.41) is 7.69. The molecule has 0 saturated carbocycles. The zero-order valence-corrected chi connectivity index (χ0v) is 14.3. The van der Waals surface area contributed by atoms with Gasteiger partial charge in [-0.05, 0) is 36.5 Å². The van der Waals surface area contributed by atoms with Crippen molar-refractivity contribution in [1.82, 2.24) is 15.1 Å². The molecule has 25 heavy (non-hydrogen) atoms. The lowest BCUT2D eigenvalue weighted by atomic mass is 9.87. The van der Waals surface area contributed by atoms with E-state index in [1.807, 2.05) is 49.5 Å². The van der Waals surface area contributed by atoms with Gasteiger partial charge in [0.05, 0.1) is 11.7 Å². The van der Waals surface area contributed by atoms with E-state index in [9.17, 15) is 4.79 Å². The van der Waals surface area contributed by atoms with Crippen LogP contribution in [0.1, 0.15) is 40.5 Å². The normalized spacial score (nSPS) is 16.3. The topological polar surface area (TPSA) is 46.9 Å². The Morgan fingerprint density at radius 1 is 1.12 bits per heavy atom. The fourth-order valence-electron chi connectivity index (χ4n) is 3.57. The van der Waals surface area contributed by atoms with E-state index in [4.69, 9.17) is 0 Å². The minimum Gasteiger partial charge on any atom is -0.344 e. The van der Waals surface area contributed by atoms with Crippen LogP contribution in [0.5, 0.6) is 0 Å². The van der Waals surface area contributed by atoms with Gasteiger partial charge < -0.3 is 5.32 Å². The maximum atomic E-state index is 12.8. The van der Waals surface area contributed by atoms with Crippen LogP contribution in [0.4, 0.5) is 0 Å². The fourth-order valence-corrected chi connectivity index (χ4v) is 3.57. The molecule has 4 nitrogen and oxygen atoms in total. The second-order valence-electron chi connectivity index (χ2n) is 6.52. The van der Waals surface area contributed by atoms with E-state index < -0.39 is 0 Å². The Balaban J connectivity index is 1.58. The molecule has 0 bridgehead atoms. The number of rotatable bonds is 3. The van der Waals surface area contributed by atoms with Crippen molar-refractivity contribution in [2.24, 2.45) is 7.05 Å². The summed E-state index contributed by atoms with van der Waals surface area (Å²) in [5.41, 5.74) is 5.00. The molecular formula is C21H21N3O. The standard InChI is InChI=1S/C21H21N3O/c1-24-20(14-19(23-24)16-9-3-2-4-10-16)21(25)22-18-13-7-11-15-8-5-6-12-17(15)18/h2-6,8-10,12,14,18H,7,11,13H2,1H3,(H,22,25)/t18-/m1/s1. The first-order valence-corrected chi connectivity index (χ1v) is 8.70. The molecule has 2 aromatic carbocycles. The van der Waals surface area contributed by atoms with E-state index >= 15 is 0 Å². The van der Waals surface area contributed by atoms with Crippen molar-refractivity contribution in [2.45, 2.75) is 25.3 Å². The molecule has 126 valence electrons. The SMILES string of the molecule is Cn1nc(-c2ccccc2)cc1C(=O)N[C@@H]1CCCc2ccccc21. The molecule has 1 aliphatic rings. The highest BCUT2D eigenvalue weighted by Crippen LogP contribution is 2.29. The first-order chi connectivity index (χ1) is 12.2. The third kappa shape index (κ3) is 3.07. The molecular weight excluding hydrogens is 310 g/mol. The summed E-state index contributed by atoms with van der Waals surface area (Å²) in [6, 6.07) is 20.3. The van der Waals surface area contributed by atoms with Crippen LogP contribution in [-0.4, -0.2) is 15.7 Å². The third-order valence-electron chi connectivity index (χ3n) is 4.86. The monoisotopic (exact) mass is 331 g/mol. The van der Waals surface area contributed by atoms with Crippen LogP contribution >= 0.6 is 0 Å². The van der Waals surface area contributed by atoms with Crippen LogP contribution in [0.3, 0.4) is 0 Å². The Hall–Kier alpha value is -2.88. The van der Waals surface area contributed by atoms with E-state index in [0.29, 0.717) is 5.69 Å². The Bertz CT molecular complexity index is 899. The highest BCUT2D eigenvalue weighted by molar-refractivity contribution is 5.94. The van der Waals surface area contributed by atoms with E-state index in [2.05, 4.69) is 28.6 Å². The van der Waals surface area contributed by atoms with Gasteiger partial charge in [-0.2, -0.15) is 5.10 Å². The van der Waals surface area contributed by atoms with Crippen molar-refractivity contribution in [1.29, 1.82) is 0 Å². The number of fused-ring (bicyclic) bond motifs is 1. The lowest BCUT2D eigenvalue weighted by Gasteiger charge is -2.26. The Morgan fingerprint density at radius 3 is 2.72 bits per heavy atom. The summed E-state index contributed by atoms with van der Waals surface area (Å²) in [6.45, 7) is 0. The number of hydrogen-bond donors (Lipinski definition) is 1. The maximum Gasteiger partial charge on any atom is 0.270 e. The van der Waals surface area contributed by atoms with Crippen LogP contribution in [0.2, 0.25) is 0 Å². The van der Waals surface area contributed by atoms with Crippen molar-refractivity contribution in [2.75, 3.05) is 0 Å². The Labute approximate surface area is 147 Å². The minimum absolute atomic E-state index is 0.0705. The van der Waals surface area contributed by atoms with Gasteiger partial charge in [-0.15, -0.1) is 0 Å². The first kappa shape index (κ1) is 15.6. The van der Waals surface area contributed by atoms with Gasteiger partial charge in [0, 0.05) is 12.6 Å². The molecule has 4 heteroatoms. The van der Waals surface area contributed by atoms with Crippen LogP contribution in [0.15, 0.2) is 60.7 Å². The van der Waals surface area contributed by atoms with E-state index in [0.717, 1.165) is 30.5 Å². The summed E-state index contributed by atoms with van der Waals surface area (Å²) in [5.74, 6) is -0.0705. The number of nitrogens with one attached hydrogen (secondary N) is 1. The molecule has 1 aliphatic carbocycles. The molecule has 4 rings (SSSR count). The number of benzene rings is 2. The molecule has 0 aliphatic heterocycles. The van der Waals surface area contributed by atoms with E-state index in [1.54, 1.807) is 4.68 Å².